The zero-order valence-electron chi connectivity index (χ0n) is 11.2. The van der Waals surface area contributed by atoms with Crippen LogP contribution >= 0.6 is 11.9 Å². The predicted octanol–water partition coefficient (Wildman–Crippen LogP) is 3.46. The van der Waals surface area contributed by atoms with Crippen molar-refractivity contribution in [2.75, 3.05) is 11.9 Å². The maximum atomic E-state index is 11.8. The Kier molecular flexibility index (Phi) is 3.69. The van der Waals surface area contributed by atoms with Crippen LogP contribution in [-0.2, 0) is 9.53 Å². The molecule has 104 valence electrons. The average molecular weight is 288 g/mol. The SMILES string of the molecule is CCOC(=O)CC1Nc2ccccc2Sn2cccc21. The summed E-state index contributed by atoms with van der Waals surface area (Å²) >= 11 is 1.66. The number of anilines is 1. The lowest BCUT2D eigenvalue weighted by Crippen LogP contribution is -2.17. The van der Waals surface area contributed by atoms with Crippen LogP contribution in [0.25, 0.3) is 0 Å². The molecular formula is C15H16N2O2S. The van der Waals surface area contributed by atoms with Crippen LogP contribution in [0.3, 0.4) is 0 Å². The summed E-state index contributed by atoms with van der Waals surface area (Å²) < 4.78 is 7.17. The van der Waals surface area contributed by atoms with Crippen molar-refractivity contribution in [2.45, 2.75) is 24.3 Å². The number of aromatic nitrogens is 1. The van der Waals surface area contributed by atoms with Gasteiger partial charge < -0.3 is 10.1 Å². The number of para-hydroxylation sites is 1. The Bertz CT molecular complexity index is 624. The van der Waals surface area contributed by atoms with E-state index in [1.165, 1.54) is 0 Å². The molecule has 1 N–H and O–H groups in total. The van der Waals surface area contributed by atoms with E-state index in [1.54, 1.807) is 11.9 Å². The minimum atomic E-state index is -0.179. The smallest absolute Gasteiger partial charge is 0.308 e. The van der Waals surface area contributed by atoms with Crippen LogP contribution in [0.2, 0.25) is 0 Å². The largest absolute Gasteiger partial charge is 0.466 e. The number of esters is 1. The molecule has 1 aromatic carbocycles. The molecular weight excluding hydrogens is 272 g/mol. The molecule has 5 heteroatoms. The third kappa shape index (κ3) is 2.54. The van der Waals surface area contributed by atoms with Crippen LogP contribution < -0.4 is 5.32 Å². The molecule has 2 aromatic rings. The van der Waals surface area contributed by atoms with Gasteiger partial charge in [0.1, 0.15) is 0 Å². The fourth-order valence-electron chi connectivity index (χ4n) is 2.31. The number of carbonyl (C=O) groups is 1. The van der Waals surface area contributed by atoms with Crippen molar-refractivity contribution in [3.63, 3.8) is 0 Å². The third-order valence-corrected chi connectivity index (χ3v) is 4.27. The Hall–Kier alpha value is -1.88. The number of benzene rings is 1. The number of rotatable bonds is 3. The van der Waals surface area contributed by atoms with Gasteiger partial charge >= 0.3 is 5.97 Å². The van der Waals surface area contributed by atoms with Crippen molar-refractivity contribution >= 4 is 23.6 Å². The molecule has 3 rings (SSSR count). The average Bonchev–Trinajstić information content (AvgIpc) is 2.83. The Morgan fingerprint density at radius 1 is 1.35 bits per heavy atom. The Balaban J connectivity index is 1.92. The highest BCUT2D eigenvalue weighted by Gasteiger charge is 2.24. The molecule has 1 atom stereocenters. The maximum Gasteiger partial charge on any atom is 0.308 e. The Labute approximate surface area is 122 Å². The number of nitrogens with one attached hydrogen (secondary N) is 1. The van der Waals surface area contributed by atoms with Crippen molar-refractivity contribution in [1.29, 1.82) is 0 Å². The number of fused-ring (bicyclic) bond motifs is 2. The minimum Gasteiger partial charge on any atom is -0.466 e. The van der Waals surface area contributed by atoms with Crippen LogP contribution in [-0.4, -0.2) is 16.5 Å². The molecule has 0 saturated carbocycles. The molecule has 1 aromatic heterocycles. The van der Waals surface area contributed by atoms with Gasteiger partial charge in [-0.05, 0) is 43.1 Å². The van der Waals surface area contributed by atoms with Gasteiger partial charge in [0.15, 0.2) is 0 Å². The van der Waals surface area contributed by atoms with Crippen molar-refractivity contribution in [1.82, 2.24) is 3.97 Å². The van der Waals surface area contributed by atoms with Crippen LogP contribution in [0, 0.1) is 0 Å². The highest BCUT2D eigenvalue weighted by molar-refractivity contribution is 7.98. The molecule has 20 heavy (non-hydrogen) atoms. The normalized spacial score (nSPS) is 16.6. The van der Waals surface area contributed by atoms with E-state index >= 15 is 0 Å². The summed E-state index contributed by atoms with van der Waals surface area (Å²) in [6, 6.07) is 12.1. The molecule has 2 heterocycles. The van der Waals surface area contributed by atoms with Gasteiger partial charge in [-0.3, -0.25) is 8.77 Å². The molecule has 4 nitrogen and oxygen atoms in total. The summed E-state index contributed by atoms with van der Waals surface area (Å²) in [5.74, 6) is -0.179. The minimum absolute atomic E-state index is 0.0693. The summed E-state index contributed by atoms with van der Waals surface area (Å²) in [5.41, 5.74) is 2.13. The fourth-order valence-corrected chi connectivity index (χ4v) is 3.31. The molecule has 0 aliphatic carbocycles. The quantitative estimate of drug-likeness (QED) is 0.878. The number of hydrogen-bond acceptors (Lipinski definition) is 4. The molecule has 0 saturated heterocycles. The topological polar surface area (TPSA) is 43.3 Å². The first-order valence-electron chi connectivity index (χ1n) is 6.64. The second-order valence-electron chi connectivity index (χ2n) is 4.55. The van der Waals surface area contributed by atoms with Gasteiger partial charge in [-0.25, -0.2) is 0 Å². The van der Waals surface area contributed by atoms with Gasteiger partial charge in [-0.15, -0.1) is 0 Å². The summed E-state index contributed by atoms with van der Waals surface area (Å²) in [7, 11) is 0. The molecule has 0 spiro atoms. The van der Waals surface area contributed by atoms with Gasteiger partial charge in [0.25, 0.3) is 0 Å². The van der Waals surface area contributed by atoms with Crippen molar-refractivity contribution in [2.24, 2.45) is 0 Å². The summed E-state index contributed by atoms with van der Waals surface area (Å²) in [6.07, 6.45) is 2.34. The molecule has 1 aliphatic heterocycles. The van der Waals surface area contributed by atoms with Crippen molar-refractivity contribution in [3.05, 3.63) is 48.3 Å². The summed E-state index contributed by atoms with van der Waals surface area (Å²) in [4.78, 5) is 12.9. The highest BCUT2D eigenvalue weighted by Crippen LogP contribution is 2.38. The van der Waals surface area contributed by atoms with Gasteiger partial charge in [-0.2, -0.15) is 0 Å². The lowest BCUT2D eigenvalue weighted by Gasteiger charge is -2.17. The first-order valence-corrected chi connectivity index (χ1v) is 7.42. The molecule has 0 amide bonds. The summed E-state index contributed by atoms with van der Waals surface area (Å²) in [6.45, 7) is 2.24. The second-order valence-corrected chi connectivity index (χ2v) is 5.57. The molecule has 0 fully saturated rings. The lowest BCUT2D eigenvalue weighted by molar-refractivity contribution is -0.143. The van der Waals surface area contributed by atoms with Crippen LogP contribution in [0.15, 0.2) is 47.5 Å². The van der Waals surface area contributed by atoms with Crippen LogP contribution in [0.5, 0.6) is 0 Å². The van der Waals surface area contributed by atoms with E-state index < -0.39 is 0 Å². The zero-order valence-corrected chi connectivity index (χ0v) is 12.0. The number of carbonyl (C=O) groups excluding carboxylic acids is 1. The standard InChI is InChI=1S/C15H16N2O2S/c1-2-19-15(18)10-12-13-7-5-9-17(13)20-14-8-4-3-6-11(14)16-12/h3-9,12,16H,2,10H2,1H3. The summed E-state index contributed by atoms with van der Waals surface area (Å²) in [5, 5.41) is 3.45. The van der Waals surface area contributed by atoms with E-state index in [0.29, 0.717) is 13.0 Å². The molecule has 0 bridgehead atoms. The van der Waals surface area contributed by atoms with Gasteiger partial charge in [0.2, 0.25) is 0 Å². The first kappa shape index (κ1) is 13.1. The monoisotopic (exact) mass is 288 g/mol. The van der Waals surface area contributed by atoms with Crippen molar-refractivity contribution < 1.29 is 9.53 Å². The van der Waals surface area contributed by atoms with E-state index in [2.05, 4.69) is 15.4 Å². The van der Waals surface area contributed by atoms with E-state index in [4.69, 9.17) is 4.74 Å². The van der Waals surface area contributed by atoms with Gasteiger partial charge in [0, 0.05) is 6.20 Å². The molecule has 1 aliphatic rings. The highest BCUT2D eigenvalue weighted by atomic mass is 32.2. The van der Waals surface area contributed by atoms with Gasteiger partial charge in [-0.1, -0.05) is 12.1 Å². The van der Waals surface area contributed by atoms with Crippen LogP contribution in [0.1, 0.15) is 25.1 Å². The number of hydrogen-bond donors (Lipinski definition) is 1. The fraction of sp³-hybridized carbons (Fsp3) is 0.267. The molecule has 0 radical (unpaired) electrons. The second kappa shape index (κ2) is 5.63. The van der Waals surface area contributed by atoms with E-state index in [-0.39, 0.29) is 12.0 Å². The first-order chi connectivity index (χ1) is 9.78. The third-order valence-electron chi connectivity index (χ3n) is 3.19. The lowest BCUT2D eigenvalue weighted by atomic mass is 10.1. The predicted molar refractivity (Wildman–Crippen MR) is 79.7 cm³/mol. The maximum absolute atomic E-state index is 11.8. The van der Waals surface area contributed by atoms with Crippen molar-refractivity contribution in [3.8, 4) is 0 Å². The van der Waals surface area contributed by atoms with E-state index in [1.807, 2.05) is 43.5 Å². The zero-order chi connectivity index (χ0) is 13.9. The number of ether oxygens (including phenoxy) is 1. The van der Waals surface area contributed by atoms with Gasteiger partial charge in [0.05, 0.1) is 35.3 Å². The Morgan fingerprint density at radius 3 is 3.05 bits per heavy atom. The Morgan fingerprint density at radius 2 is 2.20 bits per heavy atom. The van der Waals surface area contributed by atoms with Crippen LogP contribution in [0.4, 0.5) is 5.69 Å². The van der Waals surface area contributed by atoms with E-state index in [9.17, 15) is 4.79 Å². The van der Waals surface area contributed by atoms with E-state index in [0.717, 1.165) is 16.3 Å². The molecule has 1 unspecified atom stereocenters. The number of nitrogens with zero attached hydrogens (tertiary/aromatic N) is 1.